The Hall–Kier alpha value is -1.75. The summed E-state index contributed by atoms with van der Waals surface area (Å²) in [5, 5.41) is 4.44. The first-order valence-corrected chi connectivity index (χ1v) is 8.86. The fourth-order valence-corrected chi connectivity index (χ4v) is 2.68. The molecule has 0 aliphatic carbocycles. The summed E-state index contributed by atoms with van der Waals surface area (Å²) in [6.07, 6.45) is -0.517. The van der Waals surface area contributed by atoms with Crippen molar-refractivity contribution in [2.75, 3.05) is 18.5 Å². The lowest BCUT2D eigenvalue weighted by Gasteiger charge is -2.27. The van der Waals surface area contributed by atoms with Gasteiger partial charge in [0.05, 0.1) is 6.61 Å². The molecule has 0 bridgehead atoms. The zero-order valence-corrected chi connectivity index (χ0v) is 15.7. The third-order valence-corrected chi connectivity index (χ3v) is 4.06. The van der Waals surface area contributed by atoms with E-state index >= 15 is 0 Å². The Morgan fingerprint density at radius 1 is 0.960 bits per heavy atom. The summed E-state index contributed by atoms with van der Waals surface area (Å²) in [5.41, 5.74) is 1.59. The van der Waals surface area contributed by atoms with E-state index in [0.29, 0.717) is 16.7 Å². The third-order valence-electron chi connectivity index (χ3n) is 3.55. The molecule has 0 fully saturated rings. The van der Waals surface area contributed by atoms with Gasteiger partial charge in [-0.2, -0.15) is 0 Å². The summed E-state index contributed by atoms with van der Waals surface area (Å²) >= 11 is 11.9. The van der Waals surface area contributed by atoms with E-state index in [1.807, 2.05) is 19.1 Å². The van der Waals surface area contributed by atoms with E-state index < -0.39 is 12.1 Å². The van der Waals surface area contributed by atoms with Gasteiger partial charge in [0.15, 0.2) is 6.04 Å². The van der Waals surface area contributed by atoms with Crippen LogP contribution in [0.4, 0.5) is 5.69 Å². The number of anilines is 1. The van der Waals surface area contributed by atoms with E-state index in [1.165, 1.54) is 0 Å². The molecule has 2 rings (SSSR count). The first-order chi connectivity index (χ1) is 12.0. The minimum absolute atomic E-state index is 0.289. The molecule has 0 aliphatic heterocycles. The van der Waals surface area contributed by atoms with Crippen LogP contribution in [0.1, 0.15) is 25.5 Å². The molecular weight excluding hydrogens is 361 g/mol. The highest BCUT2D eigenvalue weighted by atomic mass is 35.5. The topological polar surface area (TPSA) is 47.6 Å². The summed E-state index contributed by atoms with van der Waals surface area (Å²) in [6, 6.07) is 13.6. The second-order valence-electron chi connectivity index (χ2n) is 5.31. The number of nitrogens with one attached hydrogen (secondary N) is 1. The van der Waals surface area contributed by atoms with Gasteiger partial charge in [-0.25, -0.2) is 4.79 Å². The Morgan fingerprint density at radius 2 is 1.52 bits per heavy atom. The Labute approximate surface area is 158 Å². The van der Waals surface area contributed by atoms with Crippen molar-refractivity contribution in [2.45, 2.75) is 26.0 Å². The largest absolute Gasteiger partial charge is 0.464 e. The van der Waals surface area contributed by atoms with Gasteiger partial charge in [0.25, 0.3) is 0 Å². The molecular formula is C19H21Cl2NO3. The van der Waals surface area contributed by atoms with Crippen molar-refractivity contribution in [2.24, 2.45) is 0 Å². The Balaban J connectivity index is 2.33. The molecule has 2 aromatic carbocycles. The van der Waals surface area contributed by atoms with Gasteiger partial charge < -0.3 is 14.8 Å². The number of hydrogen-bond donors (Lipinski definition) is 1. The zero-order valence-electron chi connectivity index (χ0n) is 14.2. The fourth-order valence-electron chi connectivity index (χ4n) is 2.43. The number of benzene rings is 2. The minimum atomic E-state index is -0.706. The standard InChI is InChI=1S/C19H21Cl2NO3/c1-3-24-18(13-5-7-14(20)8-6-13)17(19(23)25-4-2)22-16-11-9-15(21)10-12-16/h5-12,17-18,22H,3-4H2,1-2H3. The number of halogens is 2. The summed E-state index contributed by atoms with van der Waals surface area (Å²) in [6.45, 7) is 4.39. The molecule has 0 saturated heterocycles. The predicted molar refractivity (Wildman–Crippen MR) is 101 cm³/mol. The molecule has 0 aromatic heterocycles. The average molecular weight is 382 g/mol. The quantitative estimate of drug-likeness (QED) is 0.644. The molecule has 0 spiro atoms. The van der Waals surface area contributed by atoms with Gasteiger partial charge >= 0.3 is 5.97 Å². The third kappa shape index (κ3) is 5.63. The molecule has 25 heavy (non-hydrogen) atoms. The summed E-state index contributed by atoms with van der Waals surface area (Å²) < 4.78 is 11.1. The van der Waals surface area contributed by atoms with Gasteiger partial charge in [0.2, 0.25) is 0 Å². The van der Waals surface area contributed by atoms with Crippen molar-refractivity contribution in [3.8, 4) is 0 Å². The maximum absolute atomic E-state index is 12.6. The number of carbonyl (C=O) groups is 1. The van der Waals surface area contributed by atoms with Crippen LogP contribution in [0.5, 0.6) is 0 Å². The molecule has 0 radical (unpaired) electrons. The van der Waals surface area contributed by atoms with E-state index in [2.05, 4.69) is 5.32 Å². The normalized spacial score (nSPS) is 13.1. The Morgan fingerprint density at radius 3 is 2.04 bits per heavy atom. The number of ether oxygens (including phenoxy) is 2. The molecule has 1 N–H and O–H groups in total. The van der Waals surface area contributed by atoms with Gasteiger partial charge in [-0.05, 0) is 55.8 Å². The average Bonchev–Trinajstić information content (AvgIpc) is 2.61. The number of esters is 1. The van der Waals surface area contributed by atoms with Crippen LogP contribution < -0.4 is 5.32 Å². The van der Waals surface area contributed by atoms with Gasteiger partial charge in [-0.15, -0.1) is 0 Å². The smallest absolute Gasteiger partial charge is 0.331 e. The predicted octanol–water partition coefficient (Wildman–Crippen LogP) is 5.11. The summed E-state index contributed by atoms with van der Waals surface area (Å²) in [7, 11) is 0. The minimum Gasteiger partial charge on any atom is -0.464 e. The van der Waals surface area contributed by atoms with E-state index in [1.54, 1.807) is 43.3 Å². The zero-order chi connectivity index (χ0) is 18.2. The van der Waals surface area contributed by atoms with Crippen LogP contribution in [0.15, 0.2) is 48.5 Å². The van der Waals surface area contributed by atoms with Crippen LogP contribution in [-0.4, -0.2) is 25.2 Å². The molecule has 0 heterocycles. The van der Waals surface area contributed by atoms with Crippen molar-refractivity contribution >= 4 is 34.9 Å². The number of carbonyl (C=O) groups excluding carboxylic acids is 1. The molecule has 0 amide bonds. The monoisotopic (exact) mass is 381 g/mol. The van der Waals surface area contributed by atoms with Crippen LogP contribution in [-0.2, 0) is 14.3 Å². The molecule has 0 aliphatic rings. The highest BCUT2D eigenvalue weighted by molar-refractivity contribution is 6.30. The van der Waals surface area contributed by atoms with Crippen LogP contribution in [0.2, 0.25) is 10.0 Å². The maximum Gasteiger partial charge on any atom is 0.331 e. The Bertz CT molecular complexity index is 674. The SMILES string of the molecule is CCOC(=O)C(Nc1ccc(Cl)cc1)C(OCC)c1ccc(Cl)cc1. The Kier molecular flexibility index (Phi) is 7.56. The second kappa shape index (κ2) is 9.66. The summed E-state index contributed by atoms with van der Waals surface area (Å²) in [5.74, 6) is -0.383. The van der Waals surface area contributed by atoms with Crippen LogP contribution in [0.3, 0.4) is 0 Å². The summed E-state index contributed by atoms with van der Waals surface area (Å²) in [4.78, 5) is 12.6. The molecule has 134 valence electrons. The lowest BCUT2D eigenvalue weighted by Crippen LogP contribution is -2.38. The van der Waals surface area contributed by atoms with Crippen molar-refractivity contribution in [1.29, 1.82) is 0 Å². The second-order valence-corrected chi connectivity index (χ2v) is 6.18. The maximum atomic E-state index is 12.6. The van der Waals surface area contributed by atoms with E-state index in [9.17, 15) is 4.79 Å². The van der Waals surface area contributed by atoms with Gasteiger partial charge in [-0.1, -0.05) is 35.3 Å². The van der Waals surface area contributed by atoms with Gasteiger partial charge in [0.1, 0.15) is 6.10 Å². The van der Waals surface area contributed by atoms with E-state index in [0.717, 1.165) is 11.3 Å². The number of hydrogen-bond acceptors (Lipinski definition) is 4. The lowest BCUT2D eigenvalue weighted by molar-refractivity contribution is -0.147. The molecule has 2 unspecified atom stereocenters. The van der Waals surface area contributed by atoms with Crippen molar-refractivity contribution in [1.82, 2.24) is 0 Å². The van der Waals surface area contributed by atoms with Crippen molar-refractivity contribution in [3.63, 3.8) is 0 Å². The van der Waals surface area contributed by atoms with Crippen LogP contribution in [0, 0.1) is 0 Å². The molecule has 0 saturated carbocycles. The van der Waals surface area contributed by atoms with E-state index in [4.69, 9.17) is 32.7 Å². The first-order valence-electron chi connectivity index (χ1n) is 8.11. The van der Waals surface area contributed by atoms with Crippen molar-refractivity contribution < 1.29 is 14.3 Å². The molecule has 4 nitrogen and oxygen atoms in total. The van der Waals surface area contributed by atoms with Crippen molar-refractivity contribution in [3.05, 3.63) is 64.1 Å². The van der Waals surface area contributed by atoms with Gasteiger partial charge in [0, 0.05) is 22.3 Å². The highest BCUT2D eigenvalue weighted by Crippen LogP contribution is 2.27. The van der Waals surface area contributed by atoms with Gasteiger partial charge in [-0.3, -0.25) is 0 Å². The van der Waals surface area contributed by atoms with Crippen LogP contribution >= 0.6 is 23.2 Å². The molecule has 2 atom stereocenters. The first kappa shape index (κ1) is 19.6. The number of rotatable bonds is 8. The molecule has 6 heteroatoms. The fraction of sp³-hybridized carbons (Fsp3) is 0.316. The van der Waals surface area contributed by atoms with E-state index in [-0.39, 0.29) is 12.6 Å². The highest BCUT2D eigenvalue weighted by Gasteiger charge is 2.31. The van der Waals surface area contributed by atoms with Crippen LogP contribution in [0.25, 0.3) is 0 Å². The molecule has 2 aromatic rings. The lowest BCUT2D eigenvalue weighted by atomic mass is 10.0.